The molecule has 1 aliphatic rings. The minimum atomic E-state index is 0. The average Bonchev–Trinajstić information content (AvgIpc) is 2.64. The summed E-state index contributed by atoms with van der Waals surface area (Å²) in [6, 6.07) is 8.99. The van der Waals surface area contributed by atoms with Crippen LogP contribution in [-0.2, 0) is 22.6 Å². The van der Waals surface area contributed by atoms with Crippen LogP contribution in [0.3, 0.4) is 0 Å². The number of nitrogens with zero attached hydrogens (tertiary/aromatic N) is 1. The van der Waals surface area contributed by atoms with Gasteiger partial charge in [0, 0.05) is 32.8 Å². The van der Waals surface area contributed by atoms with E-state index in [4.69, 9.17) is 9.47 Å². The molecule has 1 aromatic rings. The minimum Gasteiger partial charge on any atom is -0.381 e. The first kappa shape index (κ1) is 22.2. The number of benzene rings is 1. The number of hydrogen-bond acceptors (Lipinski definition) is 3. The van der Waals surface area contributed by atoms with E-state index >= 15 is 0 Å². The molecule has 1 saturated heterocycles. The maximum atomic E-state index is 5.96. The predicted molar refractivity (Wildman–Crippen MR) is 114 cm³/mol. The van der Waals surface area contributed by atoms with Crippen molar-refractivity contribution in [1.82, 2.24) is 10.6 Å². The smallest absolute Gasteiger partial charge is 0.191 e. The molecule has 1 unspecified atom stereocenters. The van der Waals surface area contributed by atoms with Crippen LogP contribution in [0.4, 0.5) is 0 Å². The van der Waals surface area contributed by atoms with Crippen molar-refractivity contribution in [1.29, 1.82) is 0 Å². The number of hydrogen-bond donors (Lipinski definition) is 2. The van der Waals surface area contributed by atoms with Crippen molar-refractivity contribution >= 4 is 29.9 Å². The van der Waals surface area contributed by atoms with Gasteiger partial charge in [-0.15, -0.1) is 24.0 Å². The molecule has 25 heavy (non-hydrogen) atoms. The first-order valence-electron chi connectivity index (χ1n) is 8.95. The normalized spacial score (nSPS) is 16.8. The second kappa shape index (κ2) is 12.5. The Labute approximate surface area is 169 Å². The van der Waals surface area contributed by atoms with E-state index in [1.165, 1.54) is 11.1 Å². The van der Waals surface area contributed by atoms with Gasteiger partial charge in [0.1, 0.15) is 0 Å². The number of halogens is 1. The fraction of sp³-hybridized carbons (Fsp3) is 0.632. The van der Waals surface area contributed by atoms with Crippen molar-refractivity contribution in [3.05, 3.63) is 35.4 Å². The lowest BCUT2D eigenvalue weighted by atomic mass is 10.1. The zero-order chi connectivity index (χ0) is 17.2. The van der Waals surface area contributed by atoms with Crippen LogP contribution in [0.15, 0.2) is 29.3 Å². The van der Waals surface area contributed by atoms with Crippen molar-refractivity contribution < 1.29 is 9.47 Å². The Bertz CT molecular complexity index is 502. The van der Waals surface area contributed by atoms with Gasteiger partial charge in [0.25, 0.3) is 0 Å². The zero-order valence-electron chi connectivity index (χ0n) is 15.6. The van der Waals surface area contributed by atoms with E-state index in [9.17, 15) is 0 Å². The number of aliphatic imine (C=N–C) groups is 1. The van der Waals surface area contributed by atoms with Gasteiger partial charge in [0.05, 0.1) is 12.7 Å². The van der Waals surface area contributed by atoms with Crippen LogP contribution in [0.25, 0.3) is 0 Å². The number of ether oxygens (including phenoxy) is 2. The summed E-state index contributed by atoms with van der Waals surface area (Å²) in [5.41, 5.74) is 2.45. The summed E-state index contributed by atoms with van der Waals surface area (Å²) in [6.45, 7) is 7.39. The Morgan fingerprint density at radius 2 is 1.88 bits per heavy atom. The van der Waals surface area contributed by atoms with Crippen LogP contribution in [0.5, 0.6) is 0 Å². The summed E-state index contributed by atoms with van der Waals surface area (Å²) in [5, 5.41) is 6.71. The van der Waals surface area contributed by atoms with Crippen molar-refractivity contribution in [2.24, 2.45) is 4.99 Å². The van der Waals surface area contributed by atoms with Gasteiger partial charge in [-0.25, -0.2) is 0 Å². The van der Waals surface area contributed by atoms with Crippen LogP contribution in [0.2, 0.25) is 0 Å². The van der Waals surface area contributed by atoms with Gasteiger partial charge in [0.15, 0.2) is 5.96 Å². The lowest BCUT2D eigenvalue weighted by molar-refractivity contribution is -0.0390. The maximum Gasteiger partial charge on any atom is 0.191 e. The highest BCUT2D eigenvalue weighted by molar-refractivity contribution is 14.0. The molecule has 5 nitrogen and oxygen atoms in total. The first-order valence-corrected chi connectivity index (χ1v) is 8.95. The Kier molecular flexibility index (Phi) is 11.1. The molecule has 2 rings (SSSR count). The second-order valence-electron chi connectivity index (χ2n) is 6.32. The standard InChI is InChI=1S/C19H31N3O2.HI/c1-4-15(2)22-19(20-3)21-13-16-5-7-17(8-6-16)14-24-18-9-11-23-12-10-18;/h5-8,15,18H,4,9-14H2,1-3H3,(H2,20,21,22);1H. The van der Waals surface area contributed by atoms with Gasteiger partial charge in [0.2, 0.25) is 0 Å². The molecule has 0 aliphatic carbocycles. The molecule has 0 spiro atoms. The molecule has 1 aromatic carbocycles. The molecule has 142 valence electrons. The molecule has 2 N–H and O–H groups in total. The van der Waals surface area contributed by atoms with Gasteiger partial charge in [-0.1, -0.05) is 31.2 Å². The molecule has 0 saturated carbocycles. The van der Waals surface area contributed by atoms with Crippen LogP contribution in [0.1, 0.15) is 44.2 Å². The fourth-order valence-electron chi connectivity index (χ4n) is 2.53. The fourth-order valence-corrected chi connectivity index (χ4v) is 2.53. The van der Waals surface area contributed by atoms with Gasteiger partial charge in [-0.05, 0) is 37.3 Å². The summed E-state index contributed by atoms with van der Waals surface area (Å²) in [7, 11) is 1.80. The Morgan fingerprint density at radius 3 is 2.48 bits per heavy atom. The lowest BCUT2D eigenvalue weighted by Crippen LogP contribution is -2.41. The summed E-state index contributed by atoms with van der Waals surface area (Å²) in [5.74, 6) is 0.844. The average molecular weight is 461 g/mol. The molecular formula is C19H32IN3O2. The Morgan fingerprint density at radius 1 is 1.24 bits per heavy atom. The zero-order valence-corrected chi connectivity index (χ0v) is 17.9. The van der Waals surface area contributed by atoms with Crippen molar-refractivity contribution in [2.45, 2.75) is 58.4 Å². The molecule has 1 atom stereocenters. The van der Waals surface area contributed by atoms with Gasteiger partial charge >= 0.3 is 0 Å². The molecule has 1 heterocycles. The lowest BCUT2D eigenvalue weighted by Gasteiger charge is -2.22. The van der Waals surface area contributed by atoms with Gasteiger partial charge in [-0.3, -0.25) is 4.99 Å². The van der Waals surface area contributed by atoms with Gasteiger partial charge < -0.3 is 20.1 Å². The predicted octanol–water partition coefficient (Wildman–Crippen LogP) is 3.46. The second-order valence-corrected chi connectivity index (χ2v) is 6.32. The first-order chi connectivity index (χ1) is 11.7. The van der Waals surface area contributed by atoms with E-state index < -0.39 is 0 Å². The van der Waals surface area contributed by atoms with E-state index in [1.54, 1.807) is 7.05 Å². The highest BCUT2D eigenvalue weighted by Gasteiger charge is 2.13. The van der Waals surface area contributed by atoms with Crippen molar-refractivity contribution in [3.63, 3.8) is 0 Å². The molecular weight excluding hydrogens is 429 g/mol. The molecule has 1 aliphatic heterocycles. The SMILES string of the molecule is CCC(C)NC(=NC)NCc1ccc(COC2CCOCC2)cc1.I. The summed E-state index contributed by atoms with van der Waals surface area (Å²) in [4.78, 5) is 4.25. The monoisotopic (exact) mass is 461 g/mol. The van der Waals surface area contributed by atoms with E-state index in [2.05, 4.69) is 53.7 Å². The highest BCUT2D eigenvalue weighted by Crippen LogP contribution is 2.14. The van der Waals surface area contributed by atoms with Crippen LogP contribution < -0.4 is 10.6 Å². The quantitative estimate of drug-likeness (QED) is 0.371. The van der Waals surface area contributed by atoms with E-state index in [1.807, 2.05) is 0 Å². The summed E-state index contributed by atoms with van der Waals surface area (Å²) < 4.78 is 11.3. The third kappa shape index (κ3) is 8.37. The van der Waals surface area contributed by atoms with Crippen molar-refractivity contribution in [2.75, 3.05) is 20.3 Å². The van der Waals surface area contributed by atoms with E-state index in [0.717, 1.165) is 45.0 Å². The van der Waals surface area contributed by atoms with E-state index in [0.29, 0.717) is 18.8 Å². The van der Waals surface area contributed by atoms with Crippen LogP contribution >= 0.6 is 24.0 Å². The topological polar surface area (TPSA) is 54.9 Å². The largest absolute Gasteiger partial charge is 0.381 e. The number of rotatable bonds is 7. The van der Waals surface area contributed by atoms with Crippen LogP contribution in [0, 0.1) is 0 Å². The van der Waals surface area contributed by atoms with E-state index in [-0.39, 0.29) is 24.0 Å². The summed E-state index contributed by atoms with van der Waals surface area (Å²) in [6.07, 6.45) is 3.42. The molecule has 0 radical (unpaired) electrons. The molecule has 1 fully saturated rings. The molecule has 6 heteroatoms. The highest BCUT2D eigenvalue weighted by atomic mass is 127. The molecule has 0 aromatic heterocycles. The summed E-state index contributed by atoms with van der Waals surface area (Å²) >= 11 is 0. The minimum absolute atomic E-state index is 0. The molecule has 0 bridgehead atoms. The number of guanidine groups is 1. The number of nitrogens with one attached hydrogen (secondary N) is 2. The third-order valence-electron chi connectivity index (χ3n) is 4.36. The van der Waals surface area contributed by atoms with Crippen molar-refractivity contribution in [3.8, 4) is 0 Å². The van der Waals surface area contributed by atoms with Crippen LogP contribution in [-0.4, -0.2) is 38.4 Å². The van der Waals surface area contributed by atoms with Gasteiger partial charge in [-0.2, -0.15) is 0 Å². The Balaban J connectivity index is 0.00000312. The third-order valence-corrected chi connectivity index (χ3v) is 4.36. The maximum absolute atomic E-state index is 5.96. The Hall–Kier alpha value is -0.860. The molecule has 0 amide bonds.